The number of amides is 1. The number of hydrogen-bond donors (Lipinski definition) is 1. The Morgan fingerprint density at radius 2 is 2.33 bits per heavy atom. The SMILES string of the molecule is N#Cc1cc(CSCC(=O)NC2CC2)ccc1F. The largest absolute Gasteiger partial charge is 0.353 e. The second kappa shape index (κ2) is 5.87. The van der Waals surface area contributed by atoms with Crippen molar-refractivity contribution in [3.05, 3.63) is 35.1 Å². The van der Waals surface area contributed by atoms with E-state index in [1.54, 1.807) is 12.1 Å². The number of rotatable bonds is 5. The van der Waals surface area contributed by atoms with E-state index in [1.807, 2.05) is 0 Å². The van der Waals surface area contributed by atoms with Gasteiger partial charge < -0.3 is 5.32 Å². The minimum absolute atomic E-state index is 0.0464. The quantitative estimate of drug-likeness (QED) is 0.887. The molecule has 1 aromatic rings. The summed E-state index contributed by atoms with van der Waals surface area (Å²) in [7, 11) is 0. The minimum atomic E-state index is -0.502. The highest BCUT2D eigenvalue weighted by atomic mass is 32.2. The van der Waals surface area contributed by atoms with Gasteiger partial charge in [-0.2, -0.15) is 5.26 Å². The van der Waals surface area contributed by atoms with E-state index in [4.69, 9.17) is 5.26 Å². The average molecular weight is 264 g/mol. The standard InChI is InChI=1S/C13H13FN2OS/c14-12-4-1-9(5-10(12)6-15)7-18-8-13(17)16-11-2-3-11/h1,4-5,11H,2-3,7-8H2,(H,16,17). The van der Waals surface area contributed by atoms with Crippen LogP contribution in [0.2, 0.25) is 0 Å². The van der Waals surface area contributed by atoms with E-state index in [0.717, 1.165) is 18.4 Å². The highest BCUT2D eigenvalue weighted by molar-refractivity contribution is 7.99. The van der Waals surface area contributed by atoms with Gasteiger partial charge in [-0.25, -0.2) is 4.39 Å². The lowest BCUT2D eigenvalue weighted by Crippen LogP contribution is -2.27. The van der Waals surface area contributed by atoms with Gasteiger partial charge in [-0.05, 0) is 30.5 Å². The summed E-state index contributed by atoms with van der Waals surface area (Å²) >= 11 is 1.47. The maximum Gasteiger partial charge on any atom is 0.230 e. The van der Waals surface area contributed by atoms with Crippen LogP contribution >= 0.6 is 11.8 Å². The monoisotopic (exact) mass is 264 g/mol. The third-order valence-electron chi connectivity index (χ3n) is 2.60. The Kier molecular flexibility index (Phi) is 4.21. The molecule has 0 unspecified atom stereocenters. The lowest BCUT2D eigenvalue weighted by Gasteiger charge is -2.04. The summed E-state index contributed by atoms with van der Waals surface area (Å²) in [6.07, 6.45) is 2.17. The molecule has 0 saturated heterocycles. The number of nitrogens with zero attached hydrogens (tertiary/aromatic N) is 1. The first kappa shape index (κ1) is 12.9. The zero-order valence-electron chi connectivity index (χ0n) is 9.78. The van der Waals surface area contributed by atoms with Gasteiger partial charge >= 0.3 is 0 Å². The van der Waals surface area contributed by atoms with Gasteiger partial charge in [0.1, 0.15) is 11.9 Å². The molecule has 1 N–H and O–H groups in total. The summed E-state index contributed by atoms with van der Waals surface area (Å²) in [6.45, 7) is 0. The van der Waals surface area contributed by atoms with Crippen LogP contribution < -0.4 is 5.32 Å². The Balaban J connectivity index is 1.79. The van der Waals surface area contributed by atoms with Crippen LogP contribution in [-0.4, -0.2) is 17.7 Å². The minimum Gasteiger partial charge on any atom is -0.353 e. The molecule has 1 aromatic carbocycles. The van der Waals surface area contributed by atoms with Crippen molar-refractivity contribution in [3.63, 3.8) is 0 Å². The van der Waals surface area contributed by atoms with E-state index in [2.05, 4.69) is 5.32 Å². The average Bonchev–Trinajstić information content (AvgIpc) is 3.15. The summed E-state index contributed by atoms with van der Waals surface area (Å²) in [6, 6.07) is 6.65. The summed E-state index contributed by atoms with van der Waals surface area (Å²) in [5, 5.41) is 11.6. The molecule has 0 spiro atoms. The van der Waals surface area contributed by atoms with Gasteiger partial charge in [0.2, 0.25) is 5.91 Å². The highest BCUT2D eigenvalue weighted by Gasteiger charge is 2.22. The van der Waals surface area contributed by atoms with Gasteiger partial charge in [0.25, 0.3) is 0 Å². The molecule has 1 amide bonds. The van der Waals surface area contributed by atoms with Gasteiger partial charge in [-0.1, -0.05) is 6.07 Å². The number of carbonyl (C=O) groups excluding carboxylic acids is 1. The number of nitriles is 1. The molecular formula is C13H13FN2OS. The van der Waals surface area contributed by atoms with Crippen LogP contribution in [0.4, 0.5) is 4.39 Å². The molecule has 2 rings (SSSR count). The Hall–Kier alpha value is -1.54. The zero-order valence-corrected chi connectivity index (χ0v) is 10.6. The van der Waals surface area contributed by atoms with Crippen LogP contribution in [0.25, 0.3) is 0 Å². The first-order chi connectivity index (χ1) is 8.69. The van der Waals surface area contributed by atoms with Crippen molar-refractivity contribution in [2.45, 2.75) is 24.6 Å². The van der Waals surface area contributed by atoms with Crippen LogP contribution in [0, 0.1) is 17.1 Å². The molecule has 18 heavy (non-hydrogen) atoms. The number of nitrogens with one attached hydrogen (secondary N) is 1. The van der Waals surface area contributed by atoms with Crippen molar-refractivity contribution in [2.24, 2.45) is 0 Å². The molecule has 1 fully saturated rings. The molecule has 0 bridgehead atoms. The highest BCUT2D eigenvalue weighted by Crippen LogP contribution is 2.19. The molecular weight excluding hydrogens is 251 g/mol. The third-order valence-corrected chi connectivity index (χ3v) is 3.60. The molecule has 94 valence electrons. The molecule has 0 atom stereocenters. The van der Waals surface area contributed by atoms with Crippen molar-refractivity contribution in [1.29, 1.82) is 5.26 Å². The summed E-state index contributed by atoms with van der Waals surface area (Å²) in [5.74, 6) is 0.547. The second-order valence-electron chi connectivity index (χ2n) is 4.26. The first-order valence-corrected chi connectivity index (χ1v) is 6.90. The Bertz CT molecular complexity index is 494. The Morgan fingerprint density at radius 1 is 1.56 bits per heavy atom. The molecule has 0 heterocycles. The summed E-state index contributed by atoms with van der Waals surface area (Å²) < 4.78 is 13.1. The van der Waals surface area contributed by atoms with Crippen molar-refractivity contribution in [1.82, 2.24) is 5.32 Å². The molecule has 0 aromatic heterocycles. The fraction of sp³-hybridized carbons (Fsp3) is 0.385. The second-order valence-corrected chi connectivity index (χ2v) is 5.25. The number of hydrogen-bond acceptors (Lipinski definition) is 3. The maximum atomic E-state index is 13.1. The van der Waals surface area contributed by atoms with E-state index in [-0.39, 0.29) is 11.5 Å². The zero-order chi connectivity index (χ0) is 13.0. The van der Waals surface area contributed by atoms with Gasteiger partial charge in [-0.15, -0.1) is 11.8 Å². The van der Waals surface area contributed by atoms with Gasteiger partial charge in [0.15, 0.2) is 0 Å². The normalized spacial score (nSPS) is 14.0. The van der Waals surface area contributed by atoms with E-state index in [0.29, 0.717) is 17.5 Å². The van der Waals surface area contributed by atoms with Crippen molar-refractivity contribution in [3.8, 4) is 6.07 Å². The lowest BCUT2D eigenvalue weighted by atomic mass is 10.1. The predicted octanol–water partition coefficient (Wildman–Crippen LogP) is 2.21. The van der Waals surface area contributed by atoms with Gasteiger partial charge in [-0.3, -0.25) is 4.79 Å². The molecule has 0 radical (unpaired) electrons. The van der Waals surface area contributed by atoms with Gasteiger partial charge in [0.05, 0.1) is 11.3 Å². The molecule has 1 aliphatic rings. The molecule has 5 heteroatoms. The summed E-state index contributed by atoms with van der Waals surface area (Å²) in [4.78, 5) is 11.4. The number of halogens is 1. The smallest absolute Gasteiger partial charge is 0.230 e. The maximum absolute atomic E-state index is 13.1. The number of carbonyl (C=O) groups is 1. The van der Waals surface area contributed by atoms with Gasteiger partial charge in [0, 0.05) is 11.8 Å². The number of benzene rings is 1. The van der Waals surface area contributed by atoms with Crippen LogP contribution in [0.15, 0.2) is 18.2 Å². The molecule has 0 aliphatic heterocycles. The van der Waals surface area contributed by atoms with Crippen LogP contribution in [0.5, 0.6) is 0 Å². The van der Waals surface area contributed by atoms with Crippen molar-refractivity contribution in [2.75, 3.05) is 5.75 Å². The number of thioether (sulfide) groups is 1. The van der Waals surface area contributed by atoms with Crippen molar-refractivity contribution < 1.29 is 9.18 Å². The van der Waals surface area contributed by atoms with Crippen LogP contribution in [0.1, 0.15) is 24.0 Å². The molecule has 3 nitrogen and oxygen atoms in total. The topological polar surface area (TPSA) is 52.9 Å². The Labute approximate surface area is 109 Å². The Morgan fingerprint density at radius 3 is 3.00 bits per heavy atom. The van der Waals surface area contributed by atoms with E-state index >= 15 is 0 Å². The molecule has 1 aliphatic carbocycles. The van der Waals surface area contributed by atoms with E-state index in [1.165, 1.54) is 23.9 Å². The fourth-order valence-corrected chi connectivity index (χ4v) is 2.29. The van der Waals surface area contributed by atoms with Crippen LogP contribution in [0.3, 0.4) is 0 Å². The first-order valence-electron chi connectivity index (χ1n) is 5.74. The lowest BCUT2D eigenvalue weighted by molar-refractivity contribution is -0.118. The van der Waals surface area contributed by atoms with Crippen LogP contribution in [-0.2, 0) is 10.5 Å². The van der Waals surface area contributed by atoms with E-state index in [9.17, 15) is 9.18 Å². The summed E-state index contributed by atoms with van der Waals surface area (Å²) in [5.41, 5.74) is 0.910. The van der Waals surface area contributed by atoms with E-state index < -0.39 is 5.82 Å². The predicted molar refractivity (Wildman–Crippen MR) is 68.4 cm³/mol. The fourth-order valence-electron chi connectivity index (χ4n) is 1.51. The van der Waals surface area contributed by atoms with Crippen molar-refractivity contribution >= 4 is 17.7 Å². The molecule has 1 saturated carbocycles. The third kappa shape index (κ3) is 3.74.